The van der Waals surface area contributed by atoms with Gasteiger partial charge in [0.1, 0.15) is 5.82 Å². The Hall–Kier alpha value is -2.36. The molecule has 1 N–H and O–H groups in total. The van der Waals surface area contributed by atoms with Crippen LogP contribution in [0.15, 0.2) is 48.5 Å². The van der Waals surface area contributed by atoms with Crippen LogP contribution in [0.3, 0.4) is 0 Å². The van der Waals surface area contributed by atoms with Crippen molar-refractivity contribution in [2.45, 2.75) is 19.6 Å². The number of hydrogen-bond donors (Lipinski definition) is 1. The normalized spacial score (nSPS) is 13.2. The number of carbonyl (C=O) groups is 1. The largest absolute Gasteiger partial charge is 0.334 e. The number of benzene rings is 2. The minimum absolute atomic E-state index is 0.0921. The van der Waals surface area contributed by atoms with Crippen LogP contribution in [0.1, 0.15) is 16.7 Å². The van der Waals surface area contributed by atoms with Crippen LogP contribution in [0.2, 0.25) is 0 Å². The summed E-state index contributed by atoms with van der Waals surface area (Å²) in [5.74, 6) is -0.268. The van der Waals surface area contributed by atoms with Crippen molar-refractivity contribution < 1.29 is 9.18 Å². The number of rotatable bonds is 2. The third-order valence-corrected chi connectivity index (χ3v) is 3.49. The van der Waals surface area contributed by atoms with Crippen molar-refractivity contribution in [3.63, 3.8) is 0 Å². The third-order valence-electron chi connectivity index (χ3n) is 3.49. The van der Waals surface area contributed by atoms with E-state index in [0.717, 1.165) is 5.56 Å². The summed E-state index contributed by atoms with van der Waals surface area (Å²) < 4.78 is 12.8. The predicted octanol–water partition coefficient (Wildman–Crippen LogP) is 3.05. The Bertz CT molecular complexity index is 600. The van der Waals surface area contributed by atoms with Gasteiger partial charge in [0.25, 0.3) is 0 Å². The minimum Gasteiger partial charge on any atom is -0.334 e. The van der Waals surface area contributed by atoms with E-state index in [0.29, 0.717) is 19.6 Å². The number of nitrogens with one attached hydrogen (secondary N) is 1. The number of nitrogens with zero attached hydrogens (tertiary/aromatic N) is 1. The molecule has 2 aromatic rings. The first-order chi connectivity index (χ1) is 9.72. The van der Waals surface area contributed by atoms with Gasteiger partial charge in [-0.05, 0) is 28.8 Å². The van der Waals surface area contributed by atoms with E-state index in [1.54, 1.807) is 17.0 Å². The average molecular weight is 270 g/mol. The fraction of sp³-hybridized carbons (Fsp3) is 0.188. The molecule has 2 amide bonds. The van der Waals surface area contributed by atoms with Crippen molar-refractivity contribution in [3.8, 4) is 0 Å². The average Bonchev–Trinajstić information content (AvgIpc) is 2.90. The molecule has 1 heterocycles. The van der Waals surface area contributed by atoms with Crippen molar-refractivity contribution in [1.29, 1.82) is 0 Å². The van der Waals surface area contributed by atoms with Crippen molar-refractivity contribution in [3.05, 3.63) is 71.0 Å². The van der Waals surface area contributed by atoms with Gasteiger partial charge in [0.15, 0.2) is 0 Å². The highest BCUT2D eigenvalue weighted by Crippen LogP contribution is 2.21. The molecular formula is C16H15FN2O. The molecule has 3 nitrogen and oxygen atoms in total. The van der Waals surface area contributed by atoms with Crippen LogP contribution >= 0.6 is 0 Å². The first-order valence-corrected chi connectivity index (χ1v) is 6.56. The molecule has 0 aromatic heterocycles. The van der Waals surface area contributed by atoms with Crippen LogP contribution in [0, 0.1) is 5.82 Å². The molecule has 0 aliphatic carbocycles. The molecule has 2 aromatic carbocycles. The highest BCUT2D eigenvalue weighted by molar-refractivity contribution is 5.75. The Morgan fingerprint density at radius 2 is 1.65 bits per heavy atom. The third kappa shape index (κ3) is 2.64. The predicted molar refractivity (Wildman–Crippen MR) is 74.3 cm³/mol. The van der Waals surface area contributed by atoms with Gasteiger partial charge < -0.3 is 10.2 Å². The maximum atomic E-state index is 12.8. The molecule has 0 fully saturated rings. The Balaban J connectivity index is 1.57. The van der Waals surface area contributed by atoms with Crippen molar-refractivity contribution in [1.82, 2.24) is 10.2 Å². The summed E-state index contributed by atoms with van der Waals surface area (Å²) in [6, 6.07) is 14.1. The minimum atomic E-state index is -0.268. The van der Waals surface area contributed by atoms with E-state index in [-0.39, 0.29) is 11.8 Å². The Morgan fingerprint density at radius 1 is 1.05 bits per heavy atom. The second-order valence-electron chi connectivity index (χ2n) is 4.91. The Labute approximate surface area is 117 Å². The smallest absolute Gasteiger partial charge is 0.318 e. The zero-order valence-electron chi connectivity index (χ0n) is 11.0. The van der Waals surface area contributed by atoms with Crippen molar-refractivity contribution in [2.75, 3.05) is 0 Å². The molecule has 0 bridgehead atoms. The van der Waals surface area contributed by atoms with Gasteiger partial charge in [-0.25, -0.2) is 9.18 Å². The molecule has 0 unspecified atom stereocenters. The fourth-order valence-corrected chi connectivity index (χ4v) is 2.37. The van der Waals surface area contributed by atoms with E-state index in [9.17, 15) is 9.18 Å². The lowest BCUT2D eigenvalue weighted by Crippen LogP contribution is -2.35. The second-order valence-corrected chi connectivity index (χ2v) is 4.91. The van der Waals surface area contributed by atoms with E-state index < -0.39 is 0 Å². The van der Waals surface area contributed by atoms with Crippen LogP contribution in [0.5, 0.6) is 0 Å². The molecule has 0 saturated heterocycles. The van der Waals surface area contributed by atoms with Gasteiger partial charge in [0.05, 0.1) is 0 Å². The van der Waals surface area contributed by atoms with Gasteiger partial charge in [-0.3, -0.25) is 0 Å². The molecule has 0 spiro atoms. The summed E-state index contributed by atoms with van der Waals surface area (Å²) >= 11 is 0. The highest BCUT2D eigenvalue weighted by Gasteiger charge is 2.22. The van der Waals surface area contributed by atoms with Crippen molar-refractivity contribution in [2.24, 2.45) is 0 Å². The molecule has 20 heavy (non-hydrogen) atoms. The van der Waals surface area contributed by atoms with Crippen LogP contribution in [0.25, 0.3) is 0 Å². The standard InChI is InChI=1S/C16H15FN2O/c17-15-7-5-12(6-8-15)9-18-16(20)19-10-13-3-1-2-4-14(13)11-19/h1-8H,9-11H2,(H,18,20). The van der Waals surface area contributed by atoms with E-state index in [1.165, 1.54) is 23.3 Å². The number of carbonyl (C=O) groups excluding carboxylic acids is 1. The van der Waals surface area contributed by atoms with Gasteiger partial charge in [-0.2, -0.15) is 0 Å². The number of amides is 2. The lowest BCUT2D eigenvalue weighted by Gasteiger charge is -2.16. The van der Waals surface area contributed by atoms with Gasteiger partial charge in [-0.1, -0.05) is 36.4 Å². The van der Waals surface area contributed by atoms with Crippen LogP contribution in [-0.4, -0.2) is 10.9 Å². The van der Waals surface area contributed by atoms with Crippen LogP contribution < -0.4 is 5.32 Å². The number of halogens is 1. The number of urea groups is 1. The van der Waals surface area contributed by atoms with Gasteiger partial charge in [0.2, 0.25) is 0 Å². The van der Waals surface area contributed by atoms with E-state index in [1.807, 2.05) is 24.3 Å². The summed E-state index contributed by atoms with van der Waals surface area (Å²) in [7, 11) is 0. The number of fused-ring (bicyclic) bond motifs is 1. The molecular weight excluding hydrogens is 255 g/mol. The topological polar surface area (TPSA) is 32.3 Å². The molecule has 0 atom stereocenters. The van der Waals surface area contributed by atoms with E-state index in [2.05, 4.69) is 5.32 Å². The lowest BCUT2D eigenvalue weighted by molar-refractivity contribution is 0.198. The summed E-state index contributed by atoms with van der Waals surface area (Å²) in [5.41, 5.74) is 3.28. The molecule has 0 saturated carbocycles. The van der Waals surface area contributed by atoms with E-state index in [4.69, 9.17) is 0 Å². The van der Waals surface area contributed by atoms with Gasteiger partial charge >= 0.3 is 6.03 Å². The molecule has 3 rings (SSSR count). The summed E-state index contributed by atoms with van der Waals surface area (Å²) in [4.78, 5) is 13.9. The Morgan fingerprint density at radius 3 is 2.25 bits per heavy atom. The molecule has 1 aliphatic heterocycles. The number of hydrogen-bond acceptors (Lipinski definition) is 1. The summed E-state index contributed by atoms with van der Waals surface area (Å²) in [6.07, 6.45) is 0. The quantitative estimate of drug-likeness (QED) is 0.893. The lowest BCUT2D eigenvalue weighted by atomic mass is 10.1. The molecule has 1 aliphatic rings. The van der Waals surface area contributed by atoms with Gasteiger partial charge in [0, 0.05) is 19.6 Å². The second kappa shape index (κ2) is 5.33. The zero-order chi connectivity index (χ0) is 13.9. The summed E-state index contributed by atoms with van der Waals surface area (Å²) in [6.45, 7) is 1.70. The van der Waals surface area contributed by atoms with Crippen molar-refractivity contribution >= 4 is 6.03 Å². The first-order valence-electron chi connectivity index (χ1n) is 6.56. The van der Waals surface area contributed by atoms with Crippen LogP contribution in [-0.2, 0) is 19.6 Å². The zero-order valence-corrected chi connectivity index (χ0v) is 11.0. The van der Waals surface area contributed by atoms with Crippen LogP contribution in [0.4, 0.5) is 9.18 Å². The maximum absolute atomic E-state index is 12.8. The fourth-order valence-electron chi connectivity index (χ4n) is 2.37. The first kappa shape index (κ1) is 12.7. The Kier molecular flexibility index (Phi) is 3.37. The van der Waals surface area contributed by atoms with Gasteiger partial charge in [-0.15, -0.1) is 0 Å². The molecule has 0 radical (unpaired) electrons. The SMILES string of the molecule is O=C(NCc1ccc(F)cc1)N1Cc2ccccc2C1. The van der Waals surface area contributed by atoms with E-state index >= 15 is 0 Å². The maximum Gasteiger partial charge on any atom is 0.318 e. The monoisotopic (exact) mass is 270 g/mol. The molecule has 4 heteroatoms. The molecule has 102 valence electrons. The summed E-state index contributed by atoms with van der Waals surface area (Å²) in [5, 5.41) is 2.86. The highest BCUT2D eigenvalue weighted by atomic mass is 19.1.